The first-order chi connectivity index (χ1) is 12.8. The van der Waals surface area contributed by atoms with Crippen molar-refractivity contribution in [3.05, 3.63) is 48.5 Å². The minimum absolute atomic E-state index is 0.809. The van der Waals surface area contributed by atoms with Crippen molar-refractivity contribution in [2.45, 2.75) is 65.2 Å². The average Bonchev–Trinajstić information content (AvgIpc) is 2.69. The maximum Gasteiger partial charge on any atom is 0.119 e. The van der Waals surface area contributed by atoms with Gasteiger partial charge in [0, 0.05) is 0 Å². The van der Waals surface area contributed by atoms with Crippen molar-refractivity contribution in [1.82, 2.24) is 0 Å². The van der Waals surface area contributed by atoms with E-state index in [4.69, 9.17) is 9.47 Å². The van der Waals surface area contributed by atoms with E-state index in [1.165, 1.54) is 49.7 Å². The number of hydrogen-bond donors (Lipinski definition) is 0. The van der Waals surface area contributed by atoms with Crippen LogP contribution in [0.15, 0.2) is 48.5 Å². The van der Waals surface area contributed by atoms with Crippen LogP contribution < -0.4 is 9.47 Å². The minimum Gasteiger partial charge on any atom is -0.494 e. The average molecular weight is 355 g/mol. The van der Waals surface area contributed by atoms with E-state index >= 15 is 0 Å². The van der Waals surface area contributed by atoms with Gasteiger partial charge in [-0.3, -0.25) is 0 Å². The quantitative estimate of drug-likeness (QED) is 0.352. The highest BCUT2D eigenvalue weighted by Gasteiger charge is 2.01. The first kappa shape index (κ1) is 20.4. The van der Waals surface area contributed by atoms with E-state index in [1.807, 2.05) is 0 Å². The molecule has 0 amide bonds. The van der Waals surface area contributed by atoms with Gasteiger partial charge < -0.3 is 9.47 Å². The van der Waals surface area contributed by atoms with Gasteiger partial charge in [-0.15, -0.1) is 0 Å². The second-order valence-corrected chi connectivity index (χ2v) is 6.87. The summed E-state index contributed by atoms with van der Waals surface area (Å²) >= 11 is 0. The number of unbranched alkanes of at least 4 members (excludes halogenated alkanes) is 6. The Labute approximate surface area is 159 Å². The number of rotatable bonds is 13. The largest absolute Gasteiger partial charge is 0.494 e. The van der Waals surface area contributed by atoms with Gasteiger partial charge in [-0.05, 0) is 48.2 Å². The standard InChI is InChI=1S/C24H34O2/c1-3-5-7-9-19-25-23-15-11-21(12-16-23)22-13-17-24(18-14-22)26-20-10-8-6-4-2/h11-18H,3-10,19-20H2,1-2H3. The molecule has 0 fully saturated rings. The summed E-state index contributed by atoms with van der Waals surface area (Å²) in [5, 5.41) is 0. The molecule has 2 aromatic carbocycles. The van der Waals surface area contributed by atoms with Crippen molar-refractivity contribution < 1.29 is 9.47 Å². The van der Waals surface area contributed by atoms with E-state index in [0.29, 0.717) is 0 Å². The van der Waals surface area contributed by atoms with E-state index in [1.54, 1.807) is 0 Å². The summed E-state index contributed by atoms with van der Waals surface area (Å²) in [4.78, 5) is 0. The highest BCUT2D eigenvalue weighted by molar-refractivity contribution is 5.64. The van der Waals surface area contributed by atoms with Gasteiger partial charge in [0.15, 0.2) is 0 Å². The summed E-state index contributed by atoms with van der Waals surface area (Å²) in [6.45, 7) is 6.07. The molecule has 2 nitrogen and oxygen atoms in total. The van der Waals surface area contributed by atoms with E-state index in [0.717, 1.165) is 37.6 Å². The van der Waals surface area contributed by atoms with Crippen molar-refractivity contribution in [3.8, 4) is 22.6 Å². The Morgan fingerprint density at radius 2 is 0.885 bits per heavy atom. The van der Waals surface area contributed by atoms with Gasteiger partial charge in [0.1, 0.15) is 11.5 Å². The zero-order valence-electron chi connectivity index (χ0n) is 16.5. The molecule has 0 unspecified atom stereocenters. The van der Waals surface area contributed by atoms with Crippen molar-refractivity contribution in [2.24, 2.45) is 0 Å². The van der Waals surface area contributed by atoms with Gasteiger partial charge in [0.2, 0.25) is 0 Å². The van der Waals surface area contributed by atoms with Gasteiger partial charge >= 0.3 is 0 Å². The molecule has 2 heteroatoms. The van der Waals surface area contributed by atoms with Crippen LogP contribution in [0.5, 0.6) is 11.5 Å². The Kier molecular flexibility index (Phi) is 9.71. The summed E-state index contributed by atoms with van der Waals surface area (Å²) in [6, 6.07) is 16.8. The maximum atomic E-state index is 5.81. The molecule has 0 heterocycles. The molecule has 0 aliphatic carbocycles. The predicted octanol–water partition coefficient (Wildman–Crippen LogP) is 7.27. The summed E-state index contributed by atoms with van der Waals surface area (Å²) < 4.78 is 11.6. The molecule has 0 atom stereocenters. The molecular formula is C24H34O2. The zero-order valence-corrected chi connectivity index (χ0v) is 16.5. The molecule has 0 saturated carbocycles. The maximum absolute atomic E-state index is 5.81. The lowest BCUT2D eigenvalue weighted by Gasteiger charge is -2.09. The first-order valence-electron chi connectivity index (χ1n) is 10.3. The topological polar surface area (TPSA) is 18.5 Å². The van der Waals surface area contributed by atoms with Gasteiger partial charge in [-0.25, -0.2) is 0 Å². The lowest BCUT2D eigenvalue weighted by atomic mass is 10.1. The molecule has 142 valence electrons. The number of benzene rings is 2. The molecule has 2 aromatic rings. The van der Waals surface area contributed by atoms with Crippen molar-refractivity contribution in [3.63, 3.8) is 0 Å². The van der Waals surface area contributed by atoms with Crippen LogP contribution in [0.4, 0.5) is 0 Å². The lowest BCUT2D eigenvalue weighted by Crippen LogP contribution is -1.97. The number of hydrogen-bond acceptors (Lipinski definition) is 2. The van der Waals surface area contributed by atoms with Crippen LogP contribution in [-0.4, -0.2) is 13.2 Å². The summed E-state index contributed by atoms with van der Waals surface area (Å²) in [7, 11) is 0. The third-order valence-corrected chi connectivity index (χ3v) is 4.58. The Hall–Kier alpha value is -1.96. The van der Waals surface area contributed by atoms with E-state index in [2.05, 4.69) is 62.4 Å². The number of ether oxygens (including phenoxy) is 2. The molecular weight excluding hydrogens is 320 g/mol. The van der Waals surface area contributed by atoms with Crippen LogP contribution in [0.25, 0.3) is 11.1 Å². The van der Waals surface area contributed by atoms with E-state index in [9.17, 15) is 0 Å². The van der Waals surface area contributed by atoms with E-state index < -0.39 is 0 Å². The SMILES string of the molecule is CCCCCCOc1ccc(-c2ccc(OCCCCCC)cc2)cc1. The van der Waals surface area contributed by atoms with Crippen LogP contribution in [0.3, 0.4) is 0 Å². The van der Waals surface area contributed by atoms with Gasteiger partial charge in [0.05, 0.1) is 13.2 Å². The van der Waals surface area contributed by atoms with Crippen molar-refractivity contribution >= 4 is 0 Å². The van der Waals surface area contributed by atoms with E-state index in [-0.39, 0.29) is 0 Å². The molecule has 0 aliphatic heterocycles. The van der Waals surface area contributed by atoms with Crippen LogP contribution in [0.2, 0.25) is 0 Å². The van der Waals surface area contributed by atoms with Gasteiger partial charge in [0.25, 0.3) is 0 Å². The Bertz CT molecular complexity index is 531. The third kappa shape index (κ3) is 7.51. The fraction of sp³-hybridized carbons (Fsp3) is 0.500. The summed E-state index contributed by atoms with van der Waals surface area (Å²) in [6.07, 6.45) is 9.88. The second kappa shape index (κ2) is 12.4. The molecule has 0 N–H and O–H groups in total. The monoisotopic (exact) mass is 354 g/mol. The fourth-order valence-corrected chi connectivity index (χ4v) is 2.92. The van der Waals surface area contributed by atoms with Crippen molar-refractivity contribution in [1.29, 1.82) is 0 Å². The first-order valence-corrected chi connectivity index (χ1v) is 10.3. The minimum atomic E-state index is 0.809. The fourth-order valence-electron chi connectivity index (χ4n) is 2.92. The second-order valence-electron chi connectivity index (χ2n) is 6.87. The molecule has 0 aromatic heterocycles. The lowest BCUT2D eigenvalue weighted by molar-refractivity contribution is 0.305. The molecule has 0 spiro atoms. The van der Waals surface area contributed by atoms with Crippen LogP contribution in [-0.2, 0) is 0 Å². The highest BCUT2D eigenvalue weighted by atomic mass is 16.5. The summed E-state index contributed by atoms with van der Waals surface area (Å²) in [5.41, 5.74) is 2.41. The molecule has 26 heavy (non-hydrogen) atoms. The molecule has 0 aliphatic rings. The molecule has 0 bridgehead atoms. The van der Waals surface area contributed by atoms with Gasteiger partial charge in [-0.1, -0.05) is 76.6 Å². The smallest absolute Gasteiger partial charge is 0.119 e. The predicted molar refractivity (Wildman–Crippen MR) is 111 cm³/mol. The normalized spacial score (nSPS) is 10.7. The van der Waals surface area contributed by atoms with Crippen LogP contribution in [0, 0.1) is 0 Å². The molecule has 0 radical (unpaired) electrons. The van der Waals surface area contributed by atoms with Crippen molar-refractivity contribution in [2.75, 3.05) is 13.2 Å². The third-order valence-electron chi connectivity index (χ3n) is 4.58. The Morgan fingerprint density at radius 3 is 1.23 bits per heavy atom. The van der Waals surface area contributed by atoms with Gasteiger partial charge in [-0.2, -0.15) is 0 Å². The van der Waals surface area contributed by atoms with Crippen LogP contribution in [0.1, 0.15) is 65.2 Å². The Morgan fingerprint density at radius 1 is 0.500 bits per heavy atom. The summed E-state index contributed by atoms with van der Waals surface area (Å²) in [5.74, 6) is 1.91. The molecule has 2 rings (SSSR count). The van der Waals surface area contributed by atoms with Crippen LogP contribution >= 0.6 is 0 Å². The Balaban J connectivity index is 1.77. The highest BCUT2D eigenvalue weighted by Crippen LogP contribution is 2.25. The zero-order chi connectivity index (χ0) is 18.5. The molecule has 0 saturated heterocycles.